The zero-order valence-corrected chi connectivity index (χ0v) is 10.9. The highest BCUT2D eigenvalue weighted by Gasteiger charge is 2.20. The van der Waals surface area contributed by atoms with E-state index in [9.17, 15) is 9.90 Å². The topological polar surface area (TPSA) is 61.4 Å². The van der Waals surface area contributed by atoms with Crippen molar-refractivity contribution in [3.8, 4) is 5.75 Å². The molecule has 1 aliphatic rings. The summed E-state index contributed by atoms with van der Waals surface area (Å²) < 4.78 is 0. The van der Waals surface area contributed by atoms with E-state index in [2.05, 4.69) is 10.6 Å². The number of amides is 1. The van der Waals surface area contributed by atoms with Crippen molar-refractivity contribution < 1.29 is 9.90 Å². The molecule has 1 aliphatic heterocycles. The predicted octanol–water partition coefficient (Wildman–Crippen LogP) is 1.63. The number of rotatable bonds is 3. The lowest BCUT2D eigenvalue weighted by Gasteiger charge is -2.27. The Labute approximate surface area is 107 Å². The summed E-state index contributed by atoms with van der Waals surface area (Å²) in [4.78, 5) is 11.1. The highest BCUT2D eigenvalue weighted by atomic mass is 16.3. The average molecular weight is 248 g/mol. The number of aryl methyl sites for hydroxylation is 1. The fourth-order valence-electron chi connectivity index (χ4n) is 2.34. The lowest BCUT2D eigenvalue weighted by molar-refractivity contribution is -0.122. The van der Waals surface area contributed by atoms with E-state index in [1.54, 1.807) is 6.07 Å². The monoisotopic (exact) mass is 248 g/mol. The molecule has 98 valence electrons. The largest absolute Gasteiger partial charge is 0.508 e. The molecule has 3 N–H and O–H groups in total. The minimum Gasteiger partial charge on any atom is -0.508 e. The second-order valence-electron chi connectivity index (χ2n) is 4.99. The van der Waals surface area contributed by atoms with Gasteiger partial charge in [0, 0.05) is 30.6 Å². The minimum absolute atomic E-state index is 0.0740. The number of nitrogens with one attached hydrogen (secondary N) is 2. The molecule has 18 heavy (non-hydrogen) atoms. The number of phenolic OH excluding ortho intramolecular Hbond substituents is 1. The number of hydrogen-bond acceptors (Lipinski definition) is 3. The molecule has 0 aliphatic carbocycles. The maximum atomic E-state index is 11.1. The van der Waals surface area contributed by atoms with Crippen molar-refractivity contribution in [1.29, 1.82) is 0 Å². The first-order valence-corrected chi connectivity index (χ1v) is 6.38. The highest BCUT2D eigenvalue weighted by Crippen LogP contribution is 2.25. The van der Waals surface area contributed by atoms with E-state index in [1.807, 2.05) is 26.0 Å². The van der Waals surface area contributed by atoms with Gasteiger partial charge >= 0.3 is 0 Å². The van der Waals surface area contributed by atoms with Gasteiger partial charge in [-0.15, -0.1) is 0 Å². The molecule has 1 amide bonds. The number of benzene rings is 1. The number of phenols is 1. The Morgan fingerprint density at radius 1 is 1.50 bits per heavy atom. The van der Waals surface area contributed by atoms with Gasteiger partial charge in [0.15, 0.2) is 0 Å². The molecule has 0 saturated carbocycles. The minimum atomic E-state index is 0.0740. The Morgan fingerprint density at radius 2 is 2.28 bits per heavy atom. The third kappa shape index (κ3) is 3.01. The molecule has 1 aromatic carbocycles. The van der Waals surface area contributed by atoms with Crippen molar-refractivity contribution in [1.82, 2.24) is 10.6 Å². The molecule has 1 aromatic rings. The summed E-state index contributed by atoms with van der Waals surface area (Å²) in [5.74, 6) is 0.444. The molecule has 0 aromatic heterocycles. The second-order valence-corrected chi connectivity index (χ2v) is 4.99. The maximum Gasteiger partial charge on any atom is 0.220 e. The van der Waals surface area contributed by atoms with Crippen molar-refractivity contribution in [3.63, 3.8) is 0 Å². The zero-order chi connectivity index (χ0) is 13.1. The molecule has 1 heterocycles. The van der Waals surface area contributed by atoms with Crippen molar-refractivity contribution in [2.24, 2.45) is 0 Å². The second kappa shape index (κ2) is 5.40. The molecule has 1 saturated heterocycles. The summed E-state index contributed by atoms with van der Waals surface area (Å²) in [5.41, 5.74) is 2.04. The standard InChI is InChI=1S/C14H20N2O2/c1-9-3-5-13(17)12(7-9)10(2)16-11-4-6-14(18)15-8-11/h3,5,7,10-11,16-17H,4,6,8H2,1-2H3,(H,15,18). The average Bonchev–Trinajstić information content (AvgIpc) is 2.35. The van der Waals surface area contributed by atoms with Gasteiger partial charge in [-0.3, -0.25) is 4.79 Å². The summed E-state index contributed by atoms with van der Waals surface area (Å²) >= 11 is 0. The molecule has 4 nitrogen and oxygen atoms in total. The summed E-state index contributed by atoms with van der Waals surface area (Å²) in [6.45, 7) is 4.71. The normalized spacial score (nSPS) is 21.4. The molecule has 0 spiro atoms. The smallest absolute Gasteiger partial charge is 0.220 e. The molecule has 0 bridgehead atoms. The van der Waals surface area contributed by atoms with Crippen LogP contribution in [0.4, 0.5) is 0 Å². The molecule has 2 unspecified atom stereocenters. The number of hydrogen-bond donors (Lipinski definition) is 3. The fourth-order valence-corrected chi connectivity index (χ4v) is 2.34. The summed E-state index contributed by atoms with van der Waals surface area (Å²) in [6, 6.07) is 5.97. The Morgan fingerprint density at radius 3 is 2.94 bits per heavy atom. The van der Waals surface area contributed by atoms with E-state index in [4.69, 9.17) is 0 Å². The molecule has 4 heteroatoms. The van der Waals surface area contributed by atoms with Crippen LogP contribution >= 0.6 is 0 Å². The predicted molar refractivity (Wildman–Crippen MR) is 70.4 cm³/mol. The first-order chi connectivity index (χ1) is 8.56. The van der Waals surface area contributed by atoms with Crippen LogP contribution in [-0.4, -0.2) is 23.6 Å². The summed E-state index contributed by atoms with van der Waals surface area (Å²) in [6.07, 6.45) is 1.42. The van der Waals surface area contributed by atoms with Crippen molar-refractivity contribution in [2.75, 3.05) is 6.54 Å². The summed E-state index contributed by atoms with van der Waals surface area (Å²) in [7, 11) is 0. The number of carbonyl (C=O) groups excluding carboxylic acids is 1. The third-order valence-corrected chi connectivity index (χ3v) is 3.40. The van der Waals surface area contributed by atoms with Crippen molar-refractivity contribution in [3.05, 3.63) is 29.3 Å². The fraction of sp³-hybridized carbons (Fsp3) is 0.500. The van der Waals surface area contributed by atoms with Gasteiger partial charge in [-0.2, -0.15) is 0 Å². The van der Waals surface area contributed by atoms with E-state index in [-0.39, 0.29) is 18.0 Å². The quantitative estimate of drug-likeness (QED) is 0.762. The van der Waals surface area contributed by atoms with E-state index in [0.717, 1.165) is 17.5 Å². The lowest BCUT2D eigenvalue weighted by atomic mass is 10.0. The Balaban J connectivity index is 2.00. The van der Waals surface area contributed by atoms with Crippen LogP contribution in [0.2, 0.25) is 0 Å². The van der Waals surface area contributed by atoms with E-state index in [1.165, 1.54) is 0 Å². The van der Waals surface area contributed by atoms with Gasteiger partial charge in [0.1, 0.15) is 5.75 Å². The van der Waals surface area contributed by atoms with Crippen LogP contribution in [0, 0.1) is 6.92 Å². The van der Waals surface area contributed by atoms with Gasteiger partial charge in [-0.1, -0.05) is 17.7 Å². The first kappa shape index (κ1) is 12.9. The van der Waals surface area contributed by atoms with E-state index < -0.39 is 0 Å². The summed E-state index contributed by atoms with van der Waals surface area (Å²) in [5, 5.41) is 16.2. The van der Waals surface area contributed by atoms with E-state index >= 15 is 0 Å². The third-order valence-electron chi connectivity index (χ3n) is 3.40. The van der Waals surface area contributed by atoms with Gasteiger partial charge in [0.05, 0.1) is 0 Å². The number of piperidine rings is 1. The van der Waals surface area contributed by atoms with Gasteiger partial charge in [-0.05, 0) is 26.3 Å². The molecule has 2 rings (SSSR count). The van der Waals surface area contributed by atoms with Crippen molar-refractivity contribution in [2.45, 2.75) is 38.8 Å². The van der Waals surface area contributed by atoms with Gasteiger partial charge in [0.25, 0.3) is 0 Å². The number of carbonyl (C=O) groups is 1. The van der Waals surface area contributed by atoms with Gasteiger partial charge < -0.3 is 15.7 Å². The van der Waals surface area contributed by atoms with Gasteiger partial charge in [-0.25, -0.2) is 0 Å². The lowest BCUT2D eigenvalue weighted by Crippen LogP contribution is -2.46. The van der Waals surface area contributed by atoms with Crippen LogP contribution in [0.15, 0.2) is 18.2 Å². The molecular formula is C14H20N2O2. The SMILES string of the molecule is Cc1ccc(O)c(C(C)NC2CCC(=O)NC2)c1. The zero-order valence-electron chi connectivity index (χ0n) is 10.9. The van der Waals surface area contributed by atoms with Crippen LogP contribution in [0.3, 0.4) is 0 Å². The van der Waals surface area contributed by atoms with E-state index in [0.29, 0.717) is 18.7 Å². The molecule has 2 atom stereocenters. The molecule has 0 radical (unpaired) electrons. The Kier molecular flexibility index (Phi) is 3.87. The van der Waals surface area contributed by atoms with Crippen molar-refractivity contribution >= 4 is 5.91 Å². The Hall–Kier alpha value is -1.55. The molecule has 1 fully saturated rings. The molecular weight excluding hydrogens is 228 g/mol. The Bertz CT molecular complexity index is 435. The van der Waals surface area contributed by atoms with Gasteiger partial charge in [0.2, 0.25) is 5.91 Å². The van der Waals surface area contributed by atoms with Crippen LogP contribution in [0.25, 0.3) is 0 Å². The van der Waals surface area contributed by atoms with Crippen LogP contribution in [-0.2, 0) is 4.79 Å². The van der Waals surface area contributed by atoms with Crippen LogP contribution in [0.1, 0.15) is 36.9 Å². The highest BCUT2D eigenvalue weighted by molar-refractivity contribution is 5.76. The number of aromatic hydroxyl groups is 1. The van der Waals surface area contributed by atoms with Crippen LogP contribution in [0.5, 0.6) is 5.75 Å². The first-order valence-electron chi connectivity index (χ1n) is 6.38. The van der Waals surface area contributed by atoms with Crippen LogP contribution < -0.4 is 10.6 Å². The maximum absolute atomic E-state index is 11.1.